The summed E-state index contributed by atoms with van der Waals surface area (Å²) < 4.78 is 114. The fourth-order valence-electron chi connectivity index (χ4n) is 7.97. The molecule has 6 aromatic carbocycles. The highest BCUT2D eigenvalue weighted by molar-refractivity contribution is 5.97. The Balaban J connectivity index is 1.14. The van der Waals surface area contributed by atoms with Crippen LogP contribution in [-0.2, 0) is 42.9 Å². The highest BCUT2D eigenvalue weighted by Gasteiger charge is 2.40. The van der Waals surface area contributed by atoms with Gasteiger partial charge >= 0.3 is 18.0 Å². The molecule has 2 heterocycles. The van der Waals surface area contributed by atoms with Gasteiger partial charge in [-0.1, -0.05) is 91.0 Å². The van der Waals surface area contributed by atoms with Crippen LogP contribution in [0.4, 0.5) is 36.4 Å². The second-order valence-electron chi connectivity index (χ2n) is 15.0. The van der Waals surface area contributed by atoms with Gasteiger partial charge in [0.15, 0.2) is 23.1 Å². The maximum atomic E-state index is 16.3. The average Bonchev–Trinajstić information content (AvgIpc) is 3.87. The third-order valence-corrected chi connectivity index (χ3v) is 11.2. The van der Waals surface area contributed by atoms with Crippen LogP contribution >= 0.6 is 0 Å². The SMILES string of the molecule is COc1cc(-c2cc(C(F)(F)F)cc3c2n(C)c(=O)n3CC(=O)N(C)c2ccc(C(F)(F)F)cc2)cc(F)c1OCc1ncn(C(c2ccccc2)(c2ccccc2)c2ccccc2)n1. The molecule has 65 heavy (non-hydrogen) atoms. The van der Waals surface area contributed by atoms with E-state index in [-0.39, 0.29) is 51.8 Å². The topological polar surface area (TPSA) is 96.4 Å². The van der Waals surface area contributed by atoms with Crippen molar-refractivity contribution >= 4 is 22.6 Å². The van der Waals surface area contributed by atoms with Crippen LogP contribution in [0.3, 0.4) is 0 Å². The third kappa shape index (κ3) is 8.20. The molecular weight excluding hydrogens is 858 g/mol. The highest BCUT2D eigenvalue weighted by Crippen LogP contribution is 2.43. The van der Waals surface area contributed by atoms with Crippen LogP contribution in [0.5, 0.6) is 11.5 Å². The average molecular weight is 895 g/mol. The van der Waals surface area contributed by atoms with Crippen molar-refractivity contribution in [2.75, 3.05) is 19.1 Å². The maximum absolute atomic E-state index is 16.3. The van der Waals surface area contributed by atoms with E-state index in [1.807, 2.05) is 91.0 Å². The normalized spacial score (nSPS) is 12.1. The zero-order valence-corrected chi connectivity index (χ0v) is 34.7. The zero-order valence-electron chi connectivity index (χ0n) is 34.7. The van der Waals surface area contributed by atoms with Crippen LogP contribution in [-0.4, -0.2) is 44.0 Å². The quantitative estimate of drug-likeness (QED) is 0.0896. The predicted molar refractivity (Wildman–Crippen MR) is 228 cm³/mol. The summed E-state index contributed by atoms with van der Waals surface area (Å²) in [5.41, 5.74) is -2.08. The van der Waals surface area contributed by atoms with Crippen molar-refractivity contribution in [2.24, 2.45) is 7.05 Å². The number of hydrogen-bond acceptors (Lipinski definition) is 6. The largest absolute Gasteiger partial charge is 0.493 e. The lowest BCUT2D eigenvalue weighted by atomic mass is 9.77. The number of halogens is 7. The molecule has 0 bridgehead atoms. The molecule has 0 aliphatic carbocycles. The number of fused-ring (bicyclic) bond motifs is 1. The number of carbonyl (C=O) groups excluding carboxylic acids is 1. The molecule has 0 spiro atoms. The van der Waals surface area contributed by atoms with Crippen molar-refractivity contribution in [3.63, 3.8) is 0 Å². The summed E-state index contributed by atoms with van der Waals surface area (Å²) in [6.45, 7) is -1.14. The molecule has 17 heteroatoms. The lowest BCUT2D eigenvalue weighted by Gasteiger charge is -2.35. The number of alkyl halides is 6. The standard InChI is InChI=1S/C48H37F7N6O4/c1-58(36-21-19-34(20-22-36)47(50,51)52)42(62)27-60-39-26-35(48(53,54)55)25-37(43(39)59(2)45(60)63)30-23-38(49)44(40(24-30)64-3)65-28-41-56-29-61(57-41)46(31-13-7-4-8-14-31,32-15-9-5-10-16-32)33-17-11-6-12-18-33/h4-26,29H,27-28H2,1-3H3. The second kappa shape index (κ2) is 17.1. The molecule has 0 aliphatic heterocycles. The van der Waals surface area contributed by atoms with Gasteiger partial charge in [-0.2, -0.15) is 31.4 Å². The van der Waals surface area contributed by atoms with E-state index in [0.29, 0.717) is 6.07 Å². The van der Waals surface area contributed by atoms with Gasteiger partial charge in [-0.25, -0.2) is 18.9 Å². The summed E-state index contributed by atoms with van der Waals surface area (Å²) in [7, 11) is 3.75. The lowest BCUT2D eigenvalue weighted by Crippen LogP contribution is -2.38. The number of ether oxygens (including phenoxy) is 2. The number of anilines is 1. The number of methoxy groups -OCH3 is 1. The van der Waals surface area contributed by atoms with Crippen LogP contribution in [0, 0.1) is 5.82 Å². The first-order valence-corrected chi connectivity index (χ1v) is 19.8. The second-order valence-corrected chi connectivity index (χ2v) is 15.0. The molecule has 0 fully saturated rings. The zero-order chi connectivity index (χ0) is 46.3. The molecule has 8 aromatic rings. The van der Waals surface area contributed by atoms with Crippen LogP contribution < -0.4 is 20.1 Å². The minimum Gasteiger partial charge on any atom is -0.493 e. The van der Waals surface area contributed by atoms with Crippen molar-refractivity contribution in [3.8, 4) is 22.6 Å². The number of rotatable bonds is 12. The fourth-order valence-corrected chi connectivity index (χ4v) is 7.97. The molecule has 0 unspecified atom stereocenters. The number of nitrogens with zero attached hydrogens (tertiary/aromatic N) is 6. The molecule has 0 saturated carbocycles. The van der Waals surface area contributed by atoms with Crippen LogP contribution in [0.25, 0.3) is 22.2 Å². The van der Waals surface area contributed by atoms with Crippen molar-refractivity contribution in [1.82, 2.24) is 23.9 Å². The van der Waals surface area contributed by atoms with E-state index in [9.17, 15) is 35.9 Å². The first-order valence-electron chi connectivity index (χ1n) is 19.8. The highest BCUT2D eigenvalue weighted by atomic mass is 19.4. The van der Waals surface area contributed by atoms with Crippen LogP contribution in [0.2, 0.25) is 0 Å². The number of amides is 1. The molecule has 8 rings (SSSR count). The Morgan fingerprint density at radius 3 is 1.80 bits per heavy atom. The van der Waals surface area contributed by atoms with Gasteiger partial charge in [0.1, 0.15) is 25.0 Å². The van der Waals surface area contributed by atoms with Gasteiger partial charge in [-0.15, -0.1) is 0 Å². The van der Waals surface area contributed by atoms with E-state index >= 15 is 4.39 Å². The minimum absolute atomic E-state index is 0.0432. The van der Waals surface area contributed by atoms with E-state index in [0.717, 1.165) is 67.1 Å². The minimum atomic E-state index is -4.96. The molecule has 0 atom stereocenters. The molecule has 0 radical (unpaired) electrons. The van der Waals surface area contributed by atoms with Gasteiger partial charge in [-0.3, -0.25) is 13.9 Å². The van der Waals surface area contributed by atoms with Crippen molar-refractivity contribution in [2.45, 2.75) is 31.0 Å². The number of aryl methyl sites for hydroxylation is 1. The number of hydrogen-bond donors (Lipinski definition) is 0. The molecule has 0 saturated heterocycles. The first kappa shape index (κ1) is 43.9. The summed E-state index contributed by atoms with van der Waals surface area (Å²) in [5.74, 6) is -2.26. The van der Waals surface area contributed by atoms with Crippen molar-refractivity contribution in [3.05, 3.63) is 196 Å². The Bertz CT molecular complexity index is 2960. The number of benzene rings is 6. The maximum Gasteiger partial charge on any atom is 0.416 e. The molecule has 332 valence electrons. The molecule has 10 nitrogen and oxygen atoms in total. The van der Waals surface area contributed by atoms with Gasteiger partial charge in [0, 0.05) is 25.3 Å². The Kier molecular flexibility index (Phi) is 11.6. The van der Waals surface area contributed by atoms with Gasteiger partial charge in [0.05, 0.1) is 29.3 Å². The van der Waals surface area contributed by atoms with E-state index in [1.165, 1.54) is 27.3 Å². The van der Waals surface area contributed by atoms with Crippen molar-refractivity contribution in [1.29, 1.82) is 0 Å². The van der Waals surface area contributed by atoms with Gasteiger partial charge in [-0.05, 0) is 70.8 Å². The number of imidazole rings is 1. The number of carbonyl (C=O) groups is 1. The van der Waals surface area contributed by atoms with E-state index in [4.69, 9.17) is 14.6 Å². The summed E-state index contributed by atoms with van der Waals surface area (Å²) in [4.78, 5) is 32.6. The van der Waals surface area contributed by atoms with Gasteiger partial charge in [0.2, 0.25) is 5.91 Å². The predicted octanol–water partition coefficient (Wildman–Crippen LogP) is 9.87. The van der Waals surface area contributed by atoms with Gasteiger partial charge in [0.25, 0.3) is 0 Å². The van der Waals surface area contributed by atoms with E-state index in [2.05, 4.69) is 4.98 Å². The fraction of sp³-hybridized carbons (Fsp3) is 0.167. The van der Waals surface area contributed by atoms with Crippen molar-refractivity contribution < 1.29 is 45.0 Å². The Labute approximate surface area is 366 Å². The molecule has 0 N–H and O–H groups in total. The van der Waals surface area contributed by atoms with Gasteiger partial charge < -0.3 is 14.4 Å². The molecule has 1 amide bonds. The smallest absolute Gasteiger partial charge is 0.416 e. The summed E-state index contributed by atoms with van der Waals surface area (Å²) in [6, 6.07) is 36.5. The van der Waals surface area contributed by atoms with E-state index in [1.54, 1.807) is 11.0 Å². The summed E-state index contributed by atoms with van der Waals surface area (Å²) in [6.07, 6.45) is -8.03. The number of aromatic nitrogens is 5. The summed E-state index contributed by atoms with van der Waals surface area (Å²) >= 11 is 0. The Morgan fingerprint density at radius 1 is 0.723 bits per heavy atom. The Morgan fingerprint density at radius 2 is 1.28 bits per heavy atom. The monoisotopic (exact) mass is 894 g/mol. The molecule has 0 aliphatic rings. The first-order chi connectivity index (χ1) is 31.0. The summed E-state index contributed by atoms with van der Waals surface area (Å²) in [5, 5.41) is 4.83. The van der Waals surface area contributed by atoms with Crippen LogP contribution in [0.1, 0.15) is 33.6 Å². The molecular formula is C48H37F7N6O4. The Hall–Kier alpha value is -7.69. The lowest BCUT2D eigenvalue weighted by molar-refractivity contribution is -0.138. The van der Waals surface area contributed by atoms with E-state index < -0.39 is 53.0 Å². The number of likely N-dealkylation sites (N-methyl/N-ethyl adjacent to an activating group) is 1. The molecule has 2 aromatic heterocycles. The van der Waals surface area contributed by atoms with Crippen LogP contribution in [0.15, 0.2) is 151 Å². The third-order valence-electron chi connectivity index (χ3n) is 11.2.